The van der Waals surface area contributed by atoms with E-state index < -0.39 is 0 Å². The molecule has 0 aliphatic heterocycles. The van der Waals surface area contributed by atoms with Gasteiger partial charge in [-0.3, -0.25) is 0 Å². The molecule has 0 N–H and O–H groups in total. The van der Waals surface area contributed by atoms with Gasteiger partial charge in [-0.15, -0.1) is 6.42 Å². The predicted octanol–water partition coefficient (Wildman–Crippen LogP) is 3.17. The Bertz CT molecular complexity index is 631. The van der Waals surface area contributed by atoms with E-state index in [1.165, 1.54) is 0 Å². The van der Waals surface area contributed by atoms with Gasteiger partial charge >= 0.3 is 0 Å². The smallest absolute Gasteiger partial charge is 0.159 e. The summed E-state index contributed by atoms with van der Waals surface area (Å²) in [6.07, 6.45) is 10.2. The third-order valence-corrected chi connectivity index (χ3v) is 3.53. The van der Waals surface area contributed by atoms with Gasteiger partial charge in [0, 0.05) is 17.3 Å². The number of rotatable bonds is 3. The Hall–Kier alpha value is -2.18. The molecule has 20 heavy (non-hydrogen) atoms. The Morgan fingerprint density at radius 1 is 1.30 bits per heavy atom. The molecule has 1 aliphatic rings. The highest BCUT2D eigenvalue weighted by molar-refractivity contribution is 5.54. The minimum atomic E-state index is 0.0413. The van der Waals surface area contributed by atoms with Gasteiger partial charge in [-0.2, -0.15) is 0 Å². The number of terminal acetylenes is 1. The monoisotopic (exact) mass is 264 g/mol. The first-order valence-electron chi connectivity index (χ1n) is 6.85. The van der Waals surface area contributed by atoms with E-state index in [1.807, 2.05) is 36.5 Å². The van der Waals surface area contributed by atoms with Crippen molar-refractivity contribution < 1.29 is 4.74 Å². The predicted molar refractivity (Wildman–Crippen MR) is 77.9 cm³/mol. The van der Waals surface area contributed by atoms with Crippen molar-refractivity contribution in [2.24, 2.45) is 0 Å². The second-order valence-electron chi connectivity index (χ2n) is 4.86. The van der Waals surface area contributed by atoms with Crippen LogP contribution in [0.2, 0.25) is 0 Å². The fraction of sp³-hybridized carbons (Fsp3) is 0.294. The van der Waals surface area contributed by atoms with Gasteiger partial charge in [0.2, 0.25) is 0 Å². The highest BCUT2D eigenvalue weighted by Gasteiger charge is 2.22. The lowest BCUT2D eigenvalue weighted by atomic mass is 9.94. The van der Waals surface area contributed by atoms with Crippen LogP contribution in [-0.2, 0) is 11.2 Å². The molecular formula is C17H16N2O. The van der Waals surface area contributed by atoms with Crippen LogP contribution in [0, 0.1) is 12.3 Å². The number of ether oxygens (including phenoxy) is 1. The number of benzene rings is 1. The molecule has 1 aliphatic carbocycles. The Labute approximate surface area is 119 Å². The molecule has 1 aromatic heterocycles. The van der Waals surface area contributed by atoms with Crippen LogP contribution in [0.25, 0.3) is 11.4 Å². The van der Waals surface area contributed by atoms with Crippen LogP contribution in [0.1, 0.15) is 30.2 Å². The molecule has 0 radical (unpaired) electrons. The molecule has 100 valence electrons. The van der Waals surface area contributed by atoms with Gasteiger partial charge in [0.05, 0.1) is 11.8 Å². The third kappa shape index (κ3) is 2.56. The van der Waals surface area contributed by atoms with Crippen LogP contribution >= 0.6 is 0 Å². The molecule has 1 aromatic carbocycles. The highest BCUT2D eigenvalue weighted by atomic mass is 16.5. The minimum absolute atomic E-state index is 0.0413. The van der Waals surface area contributed by atoms with Gasteiger partial charge < -0.3 is 4.74 Å². The summed E-state index contributed by atoms with van der Waals surface area (Å²) in [4.78, 5) is 9.18. The summed E-state index contributed by atoms with van der Waals surface area (Å²) in [5, 5.41) is 0. The summed E-state index contributed by atoms with van der Waals surface area (Å²) < 4.78 is 5.69. The first-order chi connectivity index (χ1) is 9.88. The zero-order valence-electron chi connectivity index (χ0n) is 11.2. The molecule has 0 saturated carbocycles. The zero-order valence-corrected chi connectivity index (χ0v) is 11.2. The largest absolute Gasteiger partial charge is 0.361 e. The van der Waals surface area contributed by atoms with Crippen molar-refractivity contribution >= 4 is 0 Å². The number of hydrogen-bond acceptors (Lipinski definition) is 3. The van der Waals surface area contributed by atoms with Crippen molar-refractivity contribution in [3.63, 3.8) is 0 Å². The van der Waals surface area contributed by atoms with Gasteiger partial charge in [0.1, 0.15) is 6.61 Å². The molecule has 2 aromatic rings. The quantitative estimate of drug-likeness (QED) is 0.799. The maximum atomic E-state index is 5.69. The van der Waals surface area contributed by atoms with E-state index in [4.69, 9.17) is 16.1 Å². The lowest BCUT2D eigenvalue weighted by molar-refractivity contribution is 0.0635. The van der Waals surface area contributed by atoms with Crippen molar-refractivity contribution in [2.45, 2.75) is 25.4 Å². The molecule has 1 unspecified atom stereocenters. The highest BCUT2D eigenvalue weighted by Crippen LogP contribution is 2.31. The van der Waals surface area contributed by atoms with E-state index in [0.717, 1.165) is 41.9 Å². The number of aromatic nitrogens is 2. The van der Waals surface area contributed by atoms with E-state index in [9.17, 15) is 0 Å². The average Bonchev–Trinajstić information content (AvgIpc) is 2.53. The summed E-state index contributed by atoms with van der Waals surface area (Å²) in [5.74, 6) is 3.30. The molecule has 0 spiro atoms. The van der Waals surface area contributed by atoms with Gasteiger partial charge in [-0.1, -0.05) is 36.3 Å². The van der Waals surface area contributed by atoms with Crippen molar-refractivity contribution in [1.82, 2.24) is 9.97 Å². The Balaban J connectivity index is 1.91. The maximum absolute atomic E-state index is 5.69. The van der Waals surface area contributed by atoms with Crippen LogP contribution in [0.15, 0.2) is 36.5 Å². The fourth-order valence-electron chi connectivity index (χ4n) is 2.55. The number of aryl methyl sites for hydroxylation is 1. The van der Waals surface area contributed by atoms with Crippen molar-refractivity contribution in [2.75, 3.05) is 6.61 Å². The van der Waals surface area contributed by atoms with Crippen LogP contribution in [0.5, 0.6) is 0 Å². The number of fused-ring (bicyclic) bond motifs is 1. The van der Waals surface area contributed by atoms with Crippen LogP contribution in [-0.4, -0.2) is 16.6 Å². The first-order valence-corrected chi connectivity index (χ1v) is 6.85. The Morgan fingerprint density at radius 3 is 2.95 bits per heavy atom. The summed E-state index contributed by atoms with van der Waals surface area (Å²) in [7, 11) is 0. The molecule has 0 fully saturated rings. The van der Waals surface area contributed by atoms with Gasteiger partial charge in [0.25, 0.3) is 0 Å². The van der Waals surface area contributed by atoms with Crippen molar-refractivity contribution in [3.05, 3.63) is 47.8 Å². The second-order valence-corrected chi connectivity index (χ2v) is 4.86. The average molecular weight is 264 g/mol. The standard InChI is InChI=1S/C17H16N2O/c1-2-11-20-16-10-6-9-15-14(16)12-18-17(19-15)13-7-4-3-5-8-13/h1,3-5,7-8,12,16H,6,9-11H2. The molecule has 0 saturated heterocycles. The number of nitrogens with zero attached hydrogens (tertiary/aromatic N) is 2. The van der Waals surface area contributed by atoms with Gasteiger partial charge in [0.15, 0.2) is 5.82 Å². The summed E-state index contributed by atoms with van der Waals surface area (Å²) in [6.45, 7) is 0.338. The molecular weight excluding hydrogens is 248 g/mol. The SMILES string of the molecule is C#CCOC1CCCc2nc(-c3ccccc3)ncc21. The van der Waals surface area contributed by atoms with Crippen LogP contribution in [0.3, 0.4) is 0 Å². The molecule has 0 amide bonds. The van der Waals surface area contributed by atoms with E-state index in [2.05, 4.69) is 10.9 Å². The lowest BCUT2D eigenvalue weighted by Crippen LogP contribution is -2.15. The summed E-state index contributed by atoms with van der Waals surface area (Å²) in [5.41, 5.74) is 3.22. The maximum Gasteiger partial charge on any atom is 0.159 e. The molecule has 3 heteroatoms. The van der Waals surface area contributed by atoms with E-state index in [1.54, 1.807) is 0 Å². The molecule has 3 nitrogen and oxygen atoms in total. The van der Waals surface area contributed by atoms with E-state index in [-0.39, 0.29) is 6.10 Å². The Kier molecular flexibility index (Phi) is 3.76. The van der Waals surface area contributed by atoms with Crippen molar-refractivity contribution in [3.8, 4) is 23.7 Å². The molecule has 1 atom stereocenters. The Morgan fingerprint density at radius 2 is 2.15 bits per heavy atom. The van der Waals surface area contributed by atoms with Crippen LogP contribution in [0.4, 0.5) is 0 Å². The number of hydrogen-bond donors (Lipinski definition) is 0. The summed E-state index contributed by atoms with van der Waals surface area (Å²) >= 11 is 0. The zero-order chi connectivity index (χ0) is 13.8. The first kappa shape index (κ1) is 12.8. The summed E-state index contributed by atoms with van der Waals surface area (Å²) in [6, 6.07) is 10.0. The normalized spacial score (nSPS) is 17.2. The second kappa shape index (κ2) is 5.85. The van der Waals surface area contributed by atoms with Gasteiger partial charge in [-0.05, 0) is 19.3 Å². The molecule has 1 heterocycles. The topological polar surface area (TPSA) is 35.0 Å². The van der Waals surface area contributed by atoms with E-state index >= 15 is 0 Å². The van der Waals surface area contributed by atoms with Gasteiger partial charge in [-0.25, -0.2) is 9.97 Å². The lowest BCUT2D eigenvalue weighted by Gasteiger charge is -2.24. The van der Waals surface area contributed by atoms with Crippen molar-refractivity contribution in [1.29, 1.82) is 0 Å². The minimum Gasteiger partial charge on any atom is -0.361 e. The van der Waals surface area contributed by atoms with Crippen LogP contribution < -0.4 is 0 Å². The van der Waals surface area contributed by atoms with E-state index in [0.29, 0.717) is 6.61 Å². The molecule has 0 bridgehead atoms. The third-order valence-electron chi connectivity index (χ3n) is 3.53. The molecule has 3 rings (SSSR count). The fourth-order valence-corrected chi connectivity index (χ4v) is 2.55.